The summed E-state index contributed by atoms with van der Waals surface area (Å²) in [4.78, 5) is 11.1. The van der Waals surface area contributed by atoms with Gasteiger partial charge in [-0.2, -0.15) is 0 Å². The Hall–Kier alpha value is -1.47. The fourth-order valence-corrected chi connectivity index (χ4v) is 3.01. The van der Waals surface area contributed by atoms with Crippen LogP contribution < -0.4 is 4.72 Å². The van der Waals surface area contributed by atoms with Gasteiger partial charge in [0.2, 0.25) is 10.0 Å². The molecule has 1 atom stereocenters. The molecule has 0 spiro atoms. The van der Waals surface area contributed by atoms with Crippen LogP contribution in [0.3, 0.4) is 0 Å². The van der Waals surface area contributed by atoms with Crippen LogP contribution in [0, 0.1) is 0 Å². The van der Waals surface area contributed by atoms with Crippen molar-refractivity contribution in [2.75, 3.05) is 12.4 Å². The third kappa shape index (κ3) is 6.12. The largest absolute Gasteiger partial charge is 0.480 e. The summed E-state index contributed by atoms with van der Waals surface area (Å²) in [5, 5.41) is 9.08. The molecular formula is C13H18FNO4S. The van der Waals surface area contributed by atoms with Crippen molar-refractivity contribution in [1.29, 1.82) is 0 Å². The number of unbranched alkanes of at least 4 members (excludes halogenated alkanes) is 1. The number of carbonyl (C=O) groups is 1. The van der Waals surface area contributed by atoms with E-state index in [4.69, 9.17) is 5.11 Å². The molecule has 5 nitrogen and oxygen atoms in total. The average molecular weight is 303 g/mol. The van der Waals surface area contributed by atoms with Crippen molar-refractivity contribution in [3.63, 3.8) is 0 Å². The van der Waals surface area contributed by atoms with E-state index in [0.717, 1.165) is 5.56 Å². The van der Waals surface area contributed by atoms with E-state index in [9.17, 15) is 17.6 Å². The maximum absolute atomic E-state index is 11.9. The first kappa shape index (κ1) is 16.6. The Bertz CT molecular complexity index is 518. The molecule has 0 amide bonds. The molecule has 1 rings (SSSR count). The number of nitrogens with one attached hydrogen (secondary N) is 1. The molecule has 112 valence electrons. The zero-order valence-corrected chi connectivity index (χ0v) is 11.8. The van der Waals surface area contributed by atoms with Crippen LogP contribution in [0.1, 0.15) is 18.4 Å². The highest BCUT2D eigenvalue weighted by Gasteiger charge is 2.23. The Balaban J connectivity index is 2.65. The summed E-state index contributed by atoms with van der Waals surface area (Å²) >= 11 is 0. The summed E-state index contributed by atoms with van der Waals surface area (Å²) < 4.78 is 37.5. The minimum absolute atomic E-state index is 0.0680. The molecule has 1 aromatic carbocycles. The van der Waals surface area contributed by atoms with Crippen molar-refractivity contribution < 1.29 is 22.7 Å². The summed E-state index contributed by atoms with van der Waals surface area (Å²) in [6, 6.07) is 7.54. The molecular weight excluding hydrogens is 285 g/mol. The van der Waals surface area contributed by atoms with Gasteiger partial charge in [-0.15, -0.1) is 0 Å². The van der Waals surface area contributed by atoms with Gasteiger partial charge in [-0.3, -0.25) is 9.18 Å². The number of carboxylic acid groups (broad SMARTS) is 1. The van der Waals surface area contributed by atoms with Gasteiger partial charge in [0.05, 0.1) is 12.4 Å². The normalized spacial score (nSPS) is 13.1. The van der Waals surface area contributed by atoms with Crippen molar-refractivity contribution >= 4 is 16.0 Å². The van der Waals surface area contributed by atoms with Crippen molar-refractivity contribution in [2.45, 2.75) is 25.3 Å². The molecule has 0 radical (unpaired) electrons. The third-order valence-electron chi connectivity index (χ3n) is 2.70. The second-order valence-electron chi connectivity index (χ2n) is 4.41. The van der Waals surface area contributed by atoms with E-state index in [1.807, 2.05) is 0 Å². The molecule has 0 heterocycles. The van der Waals surface area contributed by atoms with Gasteiger partial charge >= 0.3 is 5.97 Å². The van der Waals surface area contributed by atoms with Gasteiger partial charge in [0, 0.05) is 0 Å². The van der Waals surface area contributed by atoms with E-state index in [2.05, 4.69) is 4.72 Å². The molecule has 0 unspecified atom stereocenters. The second-order valence-corrected chi connectivity index (χ2v) is 6.29. The molecule has 0 bridgehead atoms. The number of sulfonamides is 1. The van der Waals surface area contributed by atoms with E-state index in [1.165, 1.54) is 0 Å². The first-order chi connectivity index (χ1) is 9.44. The van der Waals surface area contributed by atoms with Gasteiger partial charge in [-0.1, -0.05) is 30.3 Å². The van der Waals surface area contributed by atoms with Gasteiger partial charge in [-0.05, 0) is 24.8 Å². The fraction of sp³-hybridized carbons (Fsp3) is 0.462. The molecule has 2 N–H and O–H groups in total. The highest BCUT2D eigenvalue weighted by atomic mass is 32.2. The molecule has 0 fully saturated rings. The Kier molecular flexibility index (Phi) is 6.60. The Morgan fingerprint density at radius 2 is 1.90 bits per heavy atom. The van der Waals surface area contributed by atoms with Crippen molar-refractivity contribution in [1.82, 2.24) is 4.72 Å². The highest BCUT2D eigenvalue weighted by molar-refractivity contribution is 7.89. The maximum atomic E-state index is 11.9. The molecule has 0 saturated heterocycles. The Morgan fingerprint density at radius 1 is 1.25 bits per heavy atom. The number of aliphatic carboxylic acids is 1. The average Bonchev–Trinajstić information content (AvgIpc) is 2.39. The second kappa shape index (κ2) is 7.96. The quantitative estimate of drug-likeness (QED) is 0.675. The SMILES string of the molecule is O=C(O)[C@@H](Cc1ccccc1)NS(=O)(=O)CCCCF. The number of benzene rings is 1. The molecule has 1 aromatic rings. The van der Waals surface area contributed by atoms with Crippen LogP contribution >= 0.6 is 0 Å². The molecule has 20 heavy (non-hydrogen) atoms. The lowest BCUT2D eigenvalue weighted by molar-refractivity contribution is -0.138. The summed E-state index contributed by atoms with van der Waals surface area (Å²) in [5.74, 6) is -1.50. The molecule has 0 aliphatic rings. The molecule has 0 aromatic heterocycles. The molecule has 0 aliphatic heterocycles. The molecule has 7 heteroatoms. The van der Waals surface area contributed by atoms with Crippen molar-refractivity contribution in [3.8, 4) is 0 Å². The van der Waals surface area contributed by atoms with Crippen LogP contribution in [0.25, 0.3) is 0 Å². The van der Waals surface area contributed by atoms with Crippen LogP contribution in [-0.2, 0) is 21.2 Å². The fourth-order valence-electron chi connectivity index (χ4n) is 1.69. The van der Waals surface area contributed by atoms with Gasteiger partial charge in [0.1, 0.15) is 6.04 Å². The number of hydrogen-bond donors (Lipinski definition) is 2. The van der Waals surface area contributed by atoms with Crippen LogP contribution in [0.5, 0.6) is 0 Å². The lowest BCUT2D eigenvalue weighted by Gasteiger charge is -2.14. The first-order valence-corrected chi connectivity index (χ1v) is 7.92. The van der Waals surface area contributed by atoms with Crippen LogP contribution in [0.2, 0.25) is 0 Å². The third-order valence-corrected chi connectivity index (χ3v) is 4.17. The van der Waals surface area contributed by atoms with Crippen LogP contribution in [0.15, 0.2) is 30.3 Å². The van der Waals surface area contributed by atoms with E-state index >= 15 is 0 Å². The lowest BCUT2D eigenvalue weighted by atomic mass is 10.1. The summed E-state index contributed by atoms with van der Waals surface area (Å²) in [6.45, 7) is -0.581. The lowest BCUT2D eigenvalue weighted by Crippen LogP contribution is -2.43. The Morgan fingerprint density at radius 3 is 2.45 bits per heavy atom. The minimum atomic E-state index is -3.72. The van der Waals surface area contributed by atoms with Gasteiger partial charge in [0.15, 0.2) is 0 Å². The Labute approximate surface area is 117 Å². The topological polar surface area (TPSA) is 83.5 Å². The summed E-state index contributed by atoms with van der Waals surface area (Å²) in [6.07, 6.45) is 0.388. The van der Waals surface area contributed by atoms with E-state index in [0.29, 0.717) is 0 Å². The smallest absolute Gasteiger partial charge is 0.322 e. The minimum Gasteiger partial charge on any atom is -0.480 e. The summed E-state index contributed by atoms with van der Waals surface area (Å²) in [5.41, 5.74) is 0.728. The zero-order valence-electron chi connectivity index (χ0n) is 11.0. The highest BCUT2D eigenvalue weighted by Crippen LogP contribution is 2.05. The van der Waals surface area contributed by atoms with Gasteiger partial charge in [0.25, 0.3) is 0 Å². The number of alkyl halides is 1. The van der Waals surface area contributed by atoms with Crippen molar-refractivity contribution in [3.05, 3.63) is 35.9 Å². The van der Waals surface area contributed by atoms with Crippen LogP contribution in [0.4, 0.5) is 4.39 Å². The van der Waals surface area contributed by atoms with Gasteiger partial charge in [-0.25, -0.2) is 13.1 Å². The van der Waals surface area contributed by atoms with E-state index < -0.39 is 28.7 Å². The monoisotopic (exact) mass is 303 g/mol. The number of halogens is 1. The maximum Gasteiger partial charge on any atom is 0.322 e. The standard InChI is InChI=1S/C13H18FNO4S/c14-8-4-5-9-20(18,19)15-12(13(16)17)10-11-6-2-1-3-7-11/h1-3,6-7,12,15H,4-5,8-10H2,(H,16,17)/t12-/m1/s1. The number of carboxylic acids is 1. The van der Waals surface area contributed by atoms with E-state index in [-0.39, 0.29) is 25.0 Å². The first-order valence-electron chi connectivity index (χ1n) is 6.27. The van der Waals surface area contributed by atoms with Crippen molar-refractivity contribution in [2.24, 2.45) is 0 Å². The van der Waals surface area contributed by atoms with Gasteiger partial charge < -0.3 is 5.11 Å². The predicted octanol–water partition coefficient (Wildman–Crippen LogP) is 1.35. The van der Waals surface area contributed by atoms with Crippen LogP contribution in [-0.4, -0.2) is 38.0 Å². The summed E-state index contributed by atoms with van der Waals surface area (Å²) in [7, 11) is -3.72. The number of hydrogen-bond acceptors (Lipinski definition) is 3. The molecule has 0 saturated carbocycles. The van der Waals surface area contributed by atoms with E-state index in [1.54, 1.807) is 30.3 Å². The molecule has 0 aliphatic carbocycles. The predicted molar refractivity (Wildman–Crippen MR) is 73.7 cm³/mol. The zero-order chi connectivity index (χ0) is 15.0. The number of rotatable bonds is 9.